The summed E-state index contributed by atoms with van der Waals surface area (Å²) in [6, 6.07) is 13.2. The summed E-state index contributed by atoms with van der Waals surface area (Å²) in [5.41, 5.74) is 8.44. The molecule has 3 N–H and O–H groups in total. The number of nitrogens with one attached hydrogen (secondary N) is 1. The fourth-order valence-corrected chi connectivity index (χ4v) is 2.11. The highest BCUT2D eigenvalue weighted by atomic mass is 19.1. The summed E-state index contributed by atoms with van der Waals surface area (Å²) in [5, 5.41) is 2.73. The van der Waals surface area contributed by atoms with Crippen molar-refractivity contribution in [3.05, 3.63) is 65.5 Å². The first-order valence-corrected chi connectivity index (χ1v) is 6.15. The maximum Gasteiger partial charge on any atom is 0.263 e. The average molecular weight is 269 g/mol. The second-order valence-corrected chi connectivity index (χ2v) is 4.46. The van der Waals surface area contributed by atoms with E-state index in [4.69, 9.17) is 5.73 Å². The molecular formula is C15H12FN3O. The predicted molar refractivity (Wildman–Crippen MR) is 75.1 cm³/mol. The number of carbonyl (C=O) groups is 1. The minimum atomic E-state index is -0.984. The van der Waals surface area contributed by atoms with Gasteiger partial charge in [-0.2, -0.15) is 0 Å². The molecule has 4 nitrogen and oxygen atoms in total. The number of amides is 1. The molecule has 0 fully saturated rings. The molecule has 3 rings (SSSR count). The summed E-state index contributed by atoms with van der Waals surface area (Å²) >= 11 is 0. The number of hydrogen-bond donors (Lipinski definition) is 2. The Kier molecular flexibility index (Phi) is 3.04. The summed E-state index contributed by atoms with van der Waals surface area (Å²) in [5.74, 6) is -0.690. The predicted octanol–water partition coefficient (Wildman–Crippen LogP) is 1.90. The number of carbonyl (C=O) groups excluding carboxylic acids is 1. The molecule has 0 saturated carbocycles. The molecule has 0 saturated heterocycles. The third-order valence-corrected chi connectivity index (χ3v) is 3.09. The number of anilines is 1. The molecule has 0 radical (unpaired) electrons. The summed E-state index contributed by atoms with van der Waals surface area (Å²) in [6.07, 6.45) is -0.984. The molecular weight excluding hydrogens is 257 g/mol. The van der Waals surface area contributed by atoms with Gasteiger partial charge < -0.3 is 11.1 Å². The molecule has 1 unspecified atom stereocenters. The first kappa shape index (κ1) is 12.5. The number of benzene rings is 2. The van der Waals surface area contributed by atoms with Gasteiger partial charge in [0.1, 0.15) is 5.82 Å². The van der Waals surface area contributed by atoms with Gasteiger partial charge in [0.2, 0.25) is 0 Å². The standard InChI is InChI=1S/C15H12FN3O/c16-10-7-5-9(6-8-10)13-11-3-1-2-4-12(11)18-15(20)14(17)19-13/h1-8,14H,17H2,(H,18,20). The van der Waals surface area contributed by atoms with Crippen molar-refractivity contribution >= 4 is 17.3 Å². The monoisotopic (exact) mass is 269 g/mol. The maximum atomic E-state index is 13.0. The molecule has 5 heteroatoms. The lowest BCUT2D eigenvalue weighted by Crippen LogP contribution is -2.33. The van der Waals surface area contributed by atoms with Gasteiger partial charge in [-0.25, -0.2) is 4.39 Å². The molecule has 2 aromatic carbocycles. The Hall–Kier alpha value is -2.53. The number of para-hydroxylation sites is 1. The lowest BCUT2D eigenvalue weighted by atomic mass is 10.0. The van der Waals surface area contributed by atoms with Gasteiger partial charge in [-0.1, -0.05) is 18.2 Å². The van der Waals surface area contributed by atoms with Crippen molar-refractivity contribution in [2.24, 2.45) is 10.7 Å². The van der Waals surface area contributed by atoms with Gasteiger partial charge in [0, 0.05) is 11.1 Å². The van der Waals surface area contributed by atoms with Crippen LogP contribution in [0.1, 0.15) is 11.1 Å². The summed E-state index contributed by atoms with van der Waals surface area (Å²) < 4.78 is 13.0. The smallest absolute Gasteiger partial charge is 0.263 e. The van der Waals surface area contributed by atoms with Gasteiger partial charge in [-0.05, 0) is 30.3 Å². The van der Waals surface area contributed by atoms with Crippen LogP contribution in [0, 0.1) is 5.82 Å². The Labute approximate surface area is 115 Å². The number of aliphatic imine (C=N–C) groups is 1. The number of halogens is 1. The largest absolute Gasteiger partial charge is 0.322 e. The quantitative estimate of drug-likeness (QED) is 0.830. The van der Waals surface area contributed by atoms with E-state index >= 15 is 0 Å². The Balaban J connectivity index is 2.18. The normalized spacial score (nSPS) is 17.8. The van der Waals surface area contributed by atoms with E-state index in [2.05, 4.69) is 10.3 Å². The molecule has 0 bridgehead atoms. The topological polar surface area (TPSA) is 67.5 Å². The van der Waals surface area contributed by atoms with Crippen LogP contribution >= 0.6 is 0 Å². The first-order valence-electron chi connectivity index (χ1n) is 6.15. The number of nitrogens with two attached hydrogens (primary N) is 1. The summed E-state index contributed by atoms with van der Waals surface area (Å²) in [4.78, 5) is 16.1. The highest BCUT2D eigenvalue weighted by molar-refractivity contribution is 6.19. The SMILES string of the molecule is NC1N=C(c2ccc(F)cc2)c2ccccc2NC1=O. The first-order chi connectivity index (χ1) is 9.65. The lowest BCUT2D eigenvalue weighted by Gasteiger charge is -2.09. The molecule has 100 valence electrons. The van der Waals surface area contributed by atoms with Crippen molar-refractivity contribution in [3.8, 4) is 0 Å². The maximum absolute atomic E-state index is 13.0. The van der Waals surface area contributed by atoms with Crippen molar-refractivity contribution < 1.29 is 9.18 Å². The van der Waals surface area contributed by atoms with Crippen LogP contribution in [0.2, 0.25) is 0 Å². The van der Waals surface area contributed by atoms with Crippen molar-refractivity contribution in [1.29, 1.82) is 0 Å². The van der Waals surface area contributed by atoms with E-state index in [1.807, 2.05) is 18.2 Å². The zero-order valence-corrected chi connectivity index (χ0v) is 10.5. The van der Waals surface area contributed by atoms with Crippen LogP contribution in [0.5, 0.6) is 0 Å². The van der Waals surface area contributed by atoms with Crippen LogP contribution < -0.4 is 11.1 Å². The summed E-state index contributed by atoms with van der Waals surface area (Å²) in [6.45, 7) is 0. The van der Waals surface area contributed by atoms with Crippen molar-refractivity contribution in [3.63, 3.8) is 0 Å². The molecule has 1 amide bonds. The second-order valence-electron chi connectivity index (χ2n) is 4.46. The van der Waals surface area contributed by atoms with E-state index < -0.39 is 6.17 Å². The number of fused-ring (bicyclic) bond motifs is 1. The van der Waals surface area contributed by atoms with E-state index in [1.54, 1.807) is 18.2 Å². The summed E-state index contributed by atoms with van der Waals surface area (Å²) in [7, 11) is 0. The second kappa shape index (κ2) is 4.86. The minimum Gasteiger partial charge on any atom is -0.322 e. The van der Waals surface area contributed by atoms with Gasteiger partial charge in [0.05, 0.1) is 11.4 Å². The molecule has 1 heterocycles. The minimum absolute atomic E-state index is 0.324. The van der Waals surface area contributed by atoms with Gasteiger partial charge in [-0.15, -0.1) is 0 Å². The third-order valence-electron chi connectivity index (χ3n) is 3.09. The lowest BCUT2D eigenvalue weighted by molar-refractivity contribution is -0.117. The molecule has 1 atom stereocenters. The van der Waals surface area contributed by atoms with E-state index in [9.17, 15) is 9.18 Å². The Morgan fingerprint density at radius 2 is 1.80 bits per heavy atom. The molecule has 0 spiro atoms. The van der Waals surface area contributed by atoms with E-state index in [-0.39, 0.29) is 11.7 Å². The van der Waals surface area contributed by atoms with E-state index in [0.717, 1.165) is 5.56 Å². The van der Waals surface area contributed by atoms with Gasteiger partial charge in [-0.3, -0.25) is 9.79 Å². The van der Waals surface area contributed by atoms with Crippen LogP contribution in [-0.2, 0) is 4.79 Å². The van der Waals surface area contributed by atoms with Crippen LogP contribution in [0.25, 0.3) is 0 Å². The number of hydrogen-bond acceptors (Lipinski definition) is 3. The molecule has 0 aliphatic carbocycles. The van der Waals surface area contributed by atoms with Crippen LogP contribution in [-0.4, -0.2) is 17.8 Å². The van der Waals surface area contributed by atoms with Gasteiger partial charge >= 0.3 is 0 Å². The Morgan fingerprint density at radius 3 is 2.55 bits per heavy atom. The van der Waals surface area contributed by atoms with Crippen LogP contribution in [0.4, 0.5) is 10.1 Å². The van der Waals surface area contributed by atoms with Crippen molar-refractivity contribution in [1.82, 2.24) is 0 Å². The molecule has 1 aliphatic rings. The fourth-order valence-electron chi connectivity index (χ4n) is 2.11. The molecule has 0 aromatic heterocycles. The third kappa shape index (κ3) is 2.19. The zero-order chi connectivity index (χ0) is 14.1. The fraction of sp³-hybridized carbons (Fsp3) is 0.0667. The Morgan fingerprint density at radius 1 is 1.10 bits per heavy atom. The zero-order valence-electron chi connectivity index (χ0n) is 10.5. The molecule has 20 heavy (non-hydrogen) atoms. The molecule has 1 aliphatic heterocycles. The van der Waals surface area contributed by atoms with E-state index in [0.29, 0.717) is 17.0 Å². The van der Waals surface area contributed by atoms with Crippen LogP contribution in [0.3, 0.4) is 0 Å². The van der Waals surface area contributed by atoms with Crippen molar-refractivity contribution in [2.45, 2.75) is 6.17 Å². The number of rotatable bonds is 1. The highest BCUT2D eigenvalue weighted by Crippen LogP contribution is 2.23. The van der Waals surface area contributed by atoms with Gasteiger partial charge in [0.25, 0.3) is 5.91 Å². The number of nitrogens with zero attached hydrogens (tertiary/aromatic N) is 1. The van der Waals surface area contributed by atoms with Crippen LogP contribution in [0.15, 0.2) is 53.5 Å². The average Bonchev–Trinajstić information content (AvgIpc) is 2.58. The highest BCUT2D eigenvalue weighted by Gasteiger charge is 2.22. The van der Waals surface area contributed by atoms with Gasteiger partial charge in [0.15, 0.2) is 6.17 Å². The number of benzodiazepines with no additional fused rings is 1. The van der Waals surface area contributed by atoms with Crippen molar-refractivity contribution in [2.75, 3.05) is 5.32 Å². The molecule has 2 aromatic rings. The Bertz CT molecular complexity index is 695. The van der Waals surface area contributed by atoms with E-state index in [1.165, 1.54) is 12.1 Å².